The number of rotatable bonds is 6. The van der Waals surface area contributed by atoms with Gasteiger partial charge in [-0.05, 0) is 45.1 Å². The Bertz CT molecular complexity index is 1030. The van der Waals surface area contributed by atoms with Crippen molar-refractivity contribution in [3.8, 4) is 0 Å². The van der Waals surface area contributed by atoms with Crippen molar-refractivity contribution in [2.24, 2.45) is 0 Å². The highest BCUT2D eigenvalue weighted by Gasteiger charge is 2.16. The Hall–Kier alpha value is -2.16. The molecule has 154 valence electrons. The van der Waals surface area contributed by atoms with Crippen LogP contribution < -0.4 is 10.6 Å². The highest BCUT2D eigenvalue weighted by Crippen LogP contribution is 2.24. The SMILES string of the molecule is CCn1ncc(Cl)c1CNC(=S)Nc1c(C)nn(Cc2c(F)cccc2Cl)c1C. The van der Waals surface area contributed by atoms with E-state index in [0.717, 1.165) is 22.8 Å². The van der Waals surface area contributed by atoms with Crippen LogP contribution in [-0.4, -0.2) is 24.7 Å². The molecule has 0 aliphatic rings. The van der Waals surface area contributed by atoms with Crippen LogP contribution in [0, 0.1) is 19.7 Å². The minimum Gasteiger partial charge on any atom is -0.357 e. The van der Waals surface area contributed by atoms with Crippen LogP contribution in [0.25, 0.3) is 0 Å². The van der Waals surface area contributed by atoms with E-state index < -0.39 is 0 Å². The molecule has 10 heteroatoms. The first-order valence-electron chi connectivity index (χ1n) is 9.03. The third-order valence-corrected chi connectivity index (χ3v) is 5.52. The molecule has 0 saturated heterocycles. The second kappa shape index (κ2) is 9.11. The summed E-state index contributed by atoms with van der Waals surface area (Å²) in [6.45, 7) is 7.13. The van der Waals surface area contributed by atoms with Gasteiger partial charge in [0.15, 0.2) is 5.11 Å². The summed E-state index contributed by atoms with van der Waals surface area (Å²) in [5.41, 5.74) is 3.59. The van der Waals surface area contributed by atoms with Gasteiger partial charge in [-0.3, -0.25) is 9.36 Å². The number of hydrogen-bond acceptors (Lipinski definition) is 3. The fraction of sp³-hybridized carbons (Fsp3) is 0.316. The summed E-state index contributed by atoms with van der Waals surface area (Å²) in [6, 6.07) is 4.63. The number of thiocarbonyl (C=S) groups is 1. The molecule has 0 atom stereocenters. The maximum absolute atomic E-state index is 14.1. The van der Waals surface area contributed by atoms with Crippen LogP contribution in [0.15, 0.2) is 24.4 Å². The Morgan fingerprint density at radius 1 is 1.21 bits per heavy atom. The minimum absolute atomic E-state index is 0.228. The number of nitrogens with one attached hydrogen (secondary N) is 2. The number of halogens is 3. The molecule has 29 heavy (non-hydrogen) atoms. The van der Waals surface area contributed by atoms with E-state index in [1.54, 1.807) is 23.0 Å². The van der Waals surface area contributed by atoms with Gasteiger partial charge >= 0.3 is 0 Å². The summed E-state index contributed by atoms with van der Waals surface area (Å²) in [7, 11) is 0. The first kappa shape index (κ1) is 21.5. The van der Waals surface area contributed by atoms with Gasteiger partial charge in [-0.25, -0.2) is 4.39 Å². The molecule has 3 rings (SSSR count). The summed E-state index contributed by atoms with van der Waals surface area (Å²) in [5.74, 6) is -0.360. The average Bonchev–Trinajstić information content (AvgIpc) is 3.17. The topological polar surface area (TPSA) is 59.7 Å². The summed E-state index contributed by atoms with van der Waals surface area (Å²) in [6.07, 6.45) is 1.62. The van der Waals surface area contributed by atoms with Crippen LogP contribution in [0.2, 0.25) is 10.0 Å². The van der Waals surface area contributed by atoms with Crippen molar-refractivity contribution >= 4 is 46.2 Å². The summed E-state index contributed by atoms with van der Waals surface area (Å²) >= 11 is 17.7. The number of aromatic nitrogens is 4. The molecule has 2 N–H and O–H groups in total. The average molecular weight is 455 g/mol. The Labute approximate surface area is 184 Å². The molecule has 1 aromatic carbocycles. The lowest BCUT2D eigenvalue weighted by Gasteiger charge is -2.12. The molecule has 0 fully saturated rings. The molecule has 0 unspecified atom stereocenters. The molecule has 2 heterocycles. The normalized spacial score (nSPS) is 11.0. The maximum atomic E-state index is 14.1. The van der Waals surface area contributed by atoms with Crippen molar-refractivity contribution in [3.05, 3.63) is 62.9 Å². The predicted molar refractivity (Wildman–Crippen MR) is 118 cm³/mol. The van der Waals surface area contributed by atoms with Crippen molar-refractivity contribution in [1.82, 2.24) is 24.9 Å². The van der Waals surface area contributed by atoms with Gasteiger partial charge in [0.2, 0.25) is 0 Å². The molecule has 2 aromatic heterocycles. The largest absolute Gasteiger partial charge is 0.357 e. The lowest BCUT2D eigenvalue weighted by molar-refractivity contribution is 0.579. The van der Waals surface area contributed by atoms with E-state index in [2.05, 4.69) is 20.8 Å². The van der Waals surface area contributed by atoms with Crippen molar-refractivity contribution in [2.45, 2.75) is 40.4 Å². The number of anilines is 1. The van der Waals surface area contributed by atoms with Gasteiger partial charge in [-0.2, -0.15) is 10.2 Å². The highest BCUT2D eigenvalue weighted by atomic mass is 35.5. The molecule has 0 spiro atoms. The fourth-order valence-corrected chi connectivity index (χ4v) is 3.63. The quantitative estimate of drug-likeness (QED) is 0.528. The molecule has 0 aliphatic carbocycles. The van der Waals surface area contributed by atoms with Gasteiger partial charge in [0.05, 0.1) is 47.1 Å². The van der Waals surface area contributed by atoms with Crippen LogP contribution in [0.1, 0.15) is 29.6 Å². The molecule has 0 bridgehead atoms. The van der Waals surface area contributed by atoms with E-state index >= 15 is 0 Å². The molecule has 0 radical (unpaired) electrons. The first-order valence-corrected chi connectivity index (χ1v) is 10.2. The molecular weight excluding hydrogens is 434 g/mol. The van der Waals surface area contributed by atoms with Gasteiger partial charge in [0, 0.05) is 17.1 Å². The highest BCUT2D eigenvalue weighted by molar-refractivity contribution is 7.80. The van der Waals surface area contributed by atoms with Crippen molar-refractivity contribution in [3.63, 3.8) is 0 Å². The van der Waals surface area contributed by atoms with Crippen LogP contribution in [0.3, 0.4) is 0 Å². The zero-order chi connectivity index (χ0) is 21.1. The van der Waals surface area contributed by atoms with E-state index in [-0.39, 0.29) is 12.4 Å². The first-order chi connectivity index (χ1) is 13.8. The smallest absolute Gasteiger partial charge is 0.171 e. The zero-order valence-corrected chi connectivity index (χ0v) is 18.6. The second-order valence-corrected chi connectivity index (χ2v) is 7.69. The van der Waals surface area contributed by atoms with Crippen molar-refractivity contribution in [1.29, 1.82) is 0 Å². The molecule has 0 saturated carbocycles. The molecule has 0 aliphatic heterocycles. The number of aryl methyl sites for hydroxylation is 2. The van der Waals surface area contributed by atoms with Crippen LogP contribution in [-0.2, 0) is 19.6 Å². The maximum Gasteiger partial charge on any atom is 0.171 e. The second-order valence-electron chi connectivity index (χ2n) is 6.47. The Morgan fingerprint density at radius 2 is 1.97 bits per heavy atom. The van der Waals surface area contributed by atoms with Gasteiger partial charge < -0.3 is 10.6 Å². The van der Waals surface area contributed by atoms with Crippen LogP contribution in [0.4, 0.5) is 10.1 Å². The van der Waals surface area contributed by atoms with Gasteiger partial charge in [-0.15, -0.1) is 0 Å². The summed E-state index contributed by atoms with van der Waals surface area (Å²) in [5, 5.41) is 16.4. The lowest BCUT2D eigenvalue weighted by Crippen LogP contribution is -2.29. The predicted octanol–water partition coefficient (Wildman–Crippen LogP) is 4.70. The van der Waals surface area contributed by atoms with E-state index in [9.17, 15) is 4.39 Å². The monoisotopic (exact) mass is 454 g/mol. The molecule has 6 nitrogen and oxygen atoms in total. The van der Waals surface area contributed by atoms with Crippen LogP contribution >= 0.6 is 35.4 Å². The fourth-order valence-electron chi connectivity index (χ4n) is 3.02. The van der Waals surface area contributed by atoms with Gasteiger partial charge in [0.1, 0.15) is 5.82 Å². The third-order valence-electron chi connectivity index (χ3n) is 4.60. The van der Waals surface area contributed by atoms with E-state index in [1.807, 2.05) is 25.5 Å². The zero-order valence-electron chi connectivity index (χ0n) is 16.3. The standard InChI is InChI=1S/C19H21Cl2FN6S/c1-4-27-17(15(21)8-24-27)9-23-19(29)25-18-11(2)26-28(12(18)3)10-13-14(20)6-5-7-16(13)22/h5-8H,4,9-10H2,1-3H3,(H2,23,25,29). The van der Waals surface area contributed by atoms with Gasteiger partial charge in [-0.1, -0.05) is 29.3 Å². The van der Waals surface area contributed by atoms with E-state index in [4.69, 9.17) is 35.4 Å². The Kier molecular flexibility index (Phi) is 6.77. The summed E-state index contributed by atoms with van der Waals surface area (Å²) in [4.78, 5) is 0. The number of benzene rings is 1. The Balaban J connectivity index is 1.71. The number of hydrogen-bond donors (Lipinski definition) is 2. The van der Waals surface area contributed by atoms with E-state index in [1.165, 1.54) is 6.07 Å². The van der Waals surface area contributed by atoms with Crippen molar-refractivity contribution < 1.29 is 4.39 Å². The van der Waals surface area contributed by atoms with Crippen molar-refractivity contribution in [2.75, 3.05) is 5.32 Å². The lowest BCUT2D eigenvalue weighted by atomic mass is 10.2. The summed E-state index contributed by atoms with van der Waals surface area (Å²) < 4.78 is 17.6. The minimum atomic E-state index is -0.360. The van der Waals surface area contributed by atoms with E-state index in [0.29, 0.717) is 33.8 Å². The van der Waals surface area contributed by atoms with Crippen LogP contribution in [0.5, 0.6) is 0 Å². The molecule has 3 aromatic rings. The molecular formula is C19H21Cl2FN6S. The Morgan fingerprint density at radius 3 is 2.66 bits per heavy atom. The third kappa shape index (κ3) is 4.71. The number of nitrogens with zero attached hydrogens (tertiary/aromatic N) is 4. The van der Waals surface area contributed by atoms with Gasteiger partial charge in [0.25, 0.3) is 0 Å². The molecule has 0 amide bonds.